The summed E-state index contributed by atoms with van der Waals surface area (Å²) in [5.74, 6) is 0.707. The van der Waals surface area contributed by atoms with Crippen molar-refractivity contribution in [3.8, 4) is 5.75 Å². The molecule has 0 saturated carbocycles. The summed E-state index contributed by atoms with van der Waals surface area (Å²) in [6.45, 7) is 8.36. The van der Waals surface area contributed by atoms with E-state index in [9.17, 15) is 9.18 Å². The number of nitrogens with zero attached hydrogens (tertiary/aromatic N) is 2. The third-order valence-corrected chi connectivity index (χ3v) is 4.31. The Kier molecular flexibility index (Phi) is 9.82. The van der Waals surface area contributed by atoms with E-state index in [0.717, 1.165) is 25.1 Å². The molecule has 1 atom stereocenters. The number of carbonyl (C=O) groups is 1. The van der Waals surface area contributed by atoms with Crippen molar-refractivity contribution in [2.45, 2.75) is 39.8 Å². The van der Waals surface area contributed by atoms with Crippen molar-refractivity contribution < 1.29 is 13.9 Å². The van der Waals surface area contributed by atoms with Gasteiger partial charge in [-0.05, 0) is 31.0 Å². The fourth-order valence-corrected chi connectivity index (χ4v) is 2.94. The summed E-state index contributed by atoms with van der Waals surface area (Å²) < 4.78 is 18.7. The lowest BCUT2D eigenvalue weighted by Gasteiger charge is -2.20. The van der Waals surface area contributed by atoms with Gasteiger partial charge in [-0.25, -0.2) is 9.38 Å². The van der Waals surface area contributed by atoms with E-state index in [4.69, 9.17) is 4.74 Å². The van der Waals surface area contributed by atoms with Crippen molar-refractivity contribution in [3.05, 3.63) is 29.6 Å². The zero-order valence-corrected chi connectivity index (χ0v) is 18.7. The first kappa shape index (κ1) is 23.5. The Bertz CT molecular complexity index is 655. The van der Waals surface area contributed by atoms with Gasteiger partial charge in [0.25, 0.3) is 0 Å². The van der Waals surface area contributed by atoms with Crippen LogP contribution in [-0.4, -0.2) is 49.6 Å². The van der Waals surface area contributed by atoms with Crippen LogP contribution in [0.3, 0.4) is 0 Å². The number of benzene rings is 1. The van der Waals surface area contributed by atoms with Crippen LogP contribution in [0.1, 0.15) is 32.8 Å². The normalized spacial score (nSPS) is 16.9. The van der Waals surface area contributed by atoms with Gasteiger partial charge < -0.3 is 20.3 Å². The Morgan fingerprint density at radius 1 is 1.44 bits per heavy atom. The largest absolute Gasteiger partial charge is 0.494 e. The Morgan fingerprint density at radius 3 is 2.78 bits per heavy atom. The zero-order valence-electron chi connectivity index (χ0n) is 16.4. The number of hydrogen-bond donors (Lipinski definition) is 2. The molecule has 1 saturated heterocycles. The lowest BCUT2D eigenvalue weighted by molar-refractivity contribution is -0.133. The number of carbonyl (C=O) groups excluding carboxylic acids is 1. The molecule has 0 aromatic heterocycles. The van der Waals surface area contributed by atoms with E-state index >= 15 is 0 Å². The molecule has 0 bridgehead atoms. The second-order valence-corrected chi connectivity index (χ2v) is 6.73. The van der Waals surface area contributed by atoms with Crippen molar-refractivity contribution in [2.75, 3.05) is 26.7 Å². The zero-order chi connectivity index (χ0) is 19.1. The van der Waals surface area contributed by atoms with Crippen LogP contribution in [0, 0.1) is 11.7 Å². The van der Waals surface area contributed by atoms with Gasteiger partial charge in [-0.3, -0.25) is 4.79 Å². The summed E-state index contributed by atoms with van der Waals surface area (Å²) in [6.07, 6.45) is 0.889. The van der Waals surface area contributed by atoms with Crippen LogP contribution in [0.4, 0.5) is 4.39 Å². The quantitative estimate of drug-likeness (QED) is 0.364. The minimum absolute atomic E-state index is 0. The van der Waals surface area contributed by atoms with Gasteiger partial charge in [0.1, 0.15) is 0 Å². The minimum atomic E-state index is -0.392. The van der Waals surface area contributed by atoms with Gasteiger partial charge in [0.2, 0.25) is 5.91 Å². The van der Waals surface area contributed by atoms with Crippen molar-refractivity contribution in [2.24, 2.45) is 10.9 Å². The molecule has 0 spiro atoms. The number of likely N-dealkylation sites (tertiary alicyclic amines) is 1. The van der Waals surface area contributed by atoms with Gasteiger partial charge >= 0.3 is 0 Å². The van der Waals surface area contributed by atoms with Gasteiger partial charge in [0, 0.05) is 31.6 Å². The number of nitrogens with one attached hydrogen (secondary N) is 2. The second-order valence-electron chi connectivity index (χ2n) is 6.73. The summed E-state index contributed by atoms with van der Waals surface area (Å²) in [7, 11) is 1.44. The van der Waals surface area contributed by atoms with Crippen LogP contribution in [0.15, 0.2) is 23.2 Å². The van der Waals surface area contributed by atoms with E-state index in [2.05, 4.69) is 15.6 Å². The second kappa shape index (κ2) is 11.3. The van der Waals surface area contributed by atoms with E-state index in [1.807, 2.05) is 25.7 Å². The first-order valence-corrected chi connectivity index (χ1v) is 9.10. The highest BCUT2D eigenvalue weighted by Crippen LogP contribution is 2.18. The molecule has 2 rings (SSSR count). The highest BCUT2D eigenvalue weighted by atomic mass is 127. The number of hydrogen-bond acceptors (Lipinski definition) is 3. The van der Waals surface area contributed by atoms with Crippen molar-refractivity contribution in [1.29, 1.82) is 0 Å². The third-order valence-electron chi connectivity index (χ3n) is 4.31. The summed E-state index contributed by atoms with van der Waals surface area (Å²) in [6, 6.07) is 5.01. The molecule has 1 aliphatic heterocycles. The average Bonchev–Trinajstić information content (AvgIpc) is 3.07. The van der Waals surface area contributed by atoms with Crippen LogP contribution < -0.4 is 15.4 Å². The monoisotopic (exact) mass is 492 g/mol. The molecule has 1 heterocycles. The predicted molar refractivity (Wildman–Crippen MR) is 116 cm³/mol. The van der Waals surface area contributed by atoms with Crippen molar-refractivity contribution in [1.82, 2.24) is 15.5 Å². The highest BCUT2D eigenvalue weighted by molar-refractivity contribution is 14.0. The van der Waals surface area contributed by atoms with Gasteiger partial charge in [-0.1, -0.05) is 19.9 Å². The highest BCUT2D eigenvalue weighted by Gasteiger charge is 2.27. The fourth-order valence-electron chi connectivity index (χ4n) is 2.94. The van der Waals surface area contributed by atoms with Crippen LogP contribution >= 0.6 is 24.0 Å². The molecule has 8 heteroatoms. The molecule has 0 radical (unpaired) electrons. The topological polar surface area (TPSA) is 66.0 Å². The first-order chi connectivity index (χ1) is 12.4. The molecule has 1 aromatic carbocycles. The molecule has 1 fully saturated rings. The molecule has 152 valence electrons. The lowest BCUT2D eigenvalue weighted by Crippen LogP contribution is -2.45. The van der Waals surface area contributed by atoms with Crippen LogP contribution in [0.25, 0.3) is 0 Å². The molecule has 1 amide bonds. The number of rotatable bonds is 6. The predicted octanol–water partition coefficient (Wildman–Crippen LogP) is 2.76. The van der Waals surface area contributed by atoms with Crippen LogP contribution in [0.5, 0.6) is 5.75 Å². The summed E-state index contributed by atoms with van der Waals surface area (Å²) >= 11 is 0. The molecule has 1 unspecified atom stereocenters. The van der Waals surface area contributed by atoms with Crippen molar-refractivity contribution >= 4 is 35.8 Å². The number of guanidine groups is 1. The molecule has 1 aromatic rings. The summed E-state index contributed by atoms with van der Waals surface area (Å²) in [4.78, 5) is 18.5. The number of aliphatic imine (C=N–C) groups is 1. The van der Waals surface area contributed by atoms with Crippen LogP contribution in [0.2, 0.25) is 0 Å². The molecule has 0 aliphatic carbocycles. The minimum Gasteiger partial charge on any atom is -0.494 e. The maximum atomic E-state index is 13.8. The smallest absolute Gasteiger partial charge is 0.225 e. The van der Waals surface area contributed by atoms with E-state index in [0.29, 0.717) is 19.0 Å². The molecule has 1 aliphatic rings. The van der Waals surface area contributed by atoms with Gasteiger partial charge in [0.15, 0.2) is 17.5 Å². The number of halogens is 2. The van der Waals surface area contributed by atoms with Crippen LogP contribution in [-0.2, 0) is 11.3 Å². The standard InChI is InChI=1S/C19H29FN4O2.HI/c1-5-21-19(22-11-14-6-7-17(26-4)16(20)10-14)23-15-8-9-24(12-15)18(25)13(2)3;/h6-7,10,13,15H,5,8-9,11-12H2,1-4H3,(H2,21,22,23);1H. The third kappa shape index (κ3) is 6.82. The Hall–Kier alpha value is -1.58. The molecular weight excluding hydrogens is 462 g/mol. The molecule has 2 N–H and O–H groups in total. The van der Waals surface area contributed by atoms with Crippen molar-refractivity contribution in [3.63, 3.8) is 0 Å². The number of ether oxygens (including phenoxy) is 1. The van der Waals surface area contributed by atoms with E-state index < -0.39 is 5.82 Å². The maximum Gasteiger partial charge on any atom is 0.225 e. The lowest BCUT2D eigenvalue weighted by atomic mass is 10.2. The average molecular weight is 492 g/mol. The molecular formula is C19H30FIN4O2. The van der Waals surface area contributed by atoms with E-state index in [1.165, 1.54) is 13.2 Å². The summed E-state index contributed by atoms with van der Waals surface area (Å²) in [5.41, 5.74) is 0.767. The number of amides is 1. The van der Waals surface area contributed by atoms with Gasteiger partial charge in [-0.2, -0.15) is 0 Å². The van der Waals surface area contributed by atoms with E-state index in [1.54, 1.807) is 12.1 Å². The molecule has 6 nitrogen and oxygen atoms in total. The fraction of sp³-hybridized carbons (Fsp3) is 0.579. The van der Waals surface area contributed by atoms with Gasteiger partial charge in [0.05, 0.1) is 13.7 Å². The Labute approximate surface area is 178 Å². The Balaban J connectivity index is 0.00000364. The maximum absolute atomic E-state index is 13.8. The van der Waals surface area contributed by atoms with Gasteiger partial charge in [-0.15, -0.1) is 24.0 Å². The molecule has 27 heavy (non-hydrogen) atoms. The summed E-state index contributed by atoms with van der Waals surface area (Å²) in [5, 5.41) is 6.58. The Morgan fingerprint density at radius 2 is 2.19 bits per heavy atom. The van der Waals surface area contributed by atoms with E-state index in [-0.39, 0.29) is 47.6 Å². The SMILES string of the molecule is CCNC(=NCc1ccc(OC)c(F)c1)NC1CCN(C(=O)C(C)C)C1.I. The first-order valence-electron chi connectivity index (χ1n) is 9.10. The number of methoxy groups -OCH3 is 1.